The van der Waals surface area contributed by atoms with E-state index in [0.717, 1.165) is 17.0 Å². The van der Waals surface area contributed by atoms with Crippen LogP contribution in [0.2, 0.25) is 0 Å². The molecule has 0 saturated heterocycles. The summed E-state index contributed by atoms with van der Waals surface area (Å²) in [7, 11) is 1.65. The first-order chi connectivity index (χ1) is 9.65. The number of aliphatic hydroxyl groups is 1. The summed E-state index contributed by atoms with van der Waals surface area (Å²) in [4.78, 5) is 0. The van der Waals surface area contributed by atoms with Crippen LogP contribution in [0.5, 0.6) is 5.75 Å². The van der Waals surface area contributed by atoms with Gasteiger partial charge < -0.3 is 15.2 Å². The molecule has 0 radical (unpaired) electrons. The predicted molar refractivity (Wildman–Crippen MR) is 82.4 cm³/mol. The first-order valence-corrected chi connectivity index (χ1v) is 6.73. The average molecular weight is 271 g/mol. The van der Waals surface area contributed by atoms with Crippen LogP contribution in [0, 0.1) is 13.8 Å². The SMILES string of the molecule is COc1cccc(NC(CO)c2c(C)cccc2C)c1. The molecule has 2 rings (SSSR count). The number of anilines is 1. The van der Waals surface area contributed by atoms with Crippen molar-refractivity contribution >= 4 is 5.69 Å². The third-order valence-corrected chi connectivity index (χ3v) is 3.48. The van der Waals surface area contributed by atoms with Crippen molar-refractivity contribution in [2.45, 2.75) is 19.9 Å². The van der Waals surface area contributed by atoms with Gasteiger partial charge in [0.25, 0.3) is 0 Å². The molecule has 0 fully saturated rings. The van der Waals surface area contributed by atoms with Crippen LogP contribution in [-0.4, -0.2) is 18.8 Å². The molecule has 20 heavy (non-hydrogen) atoms. The van der Waals surface area contributed by atoms with Crippen molar-refractivity contribution in [2.24, 2.45) is 0 Å². The van der Waals surface area contributed by atoms with Gasteiger partial charge in [-0.15, -0.1) is 0 Å². The van der Waals surface area contributed by atoms with Gasteiger partial charge in [-0.1, -0.05) is 24.3 Å². The molecule has 0 bridgehead atoms. The molecule has 0 aromatic heterocycles. The second-order valence-corrected chi connectivity index (χ2v) is 4.92. The number of ether oxygens (including phenoxy) is 1. The summed E-state index contributed by atoms with van der Waals surface area (Å²) in [5, 5.41) is 13.1. The summed E-state index contributed by atoms with van der Waals surface area (Å²) < 4.78 is 5.22. The summed E-state index contributed by atoms with van der Waals surface area (Å²) in [5.41, 5.74) is 4.45. The maximum Gasteiger partial charge on any atom is 0.120 e. The molecule has 0 amide bonds. The van der Waals surface area contributed by atoms with Gasteiger partial charge in [-0.05, 0) is 42.7 Å². The fraction of sp³-hybridized carbons (Fsp3) is 0.294. The molecule has 2 aromatic carbocycles. The third-order valence-electron chi connectivity index (χ3n) is 3.48. The van der Waals surface area contributed by atoms with Crippen molar-refractivity contribution in [3.63, 3.8) is 0 Å². The van der Waals surface area contributed by atoms with Crippen LogP contribution >= 0.6 is 0 Å². The second-order valence-electron chi connectivity index (χ2n) is 4.92. The minimum atomic E-state index is -0.122. The molecule has 2 aromatic rings. The Balaban J connectivity index is 2.29. The number of aliphatic hydroxyl groups excluding tert-OH is 1. The zero-order valence-corrected chi connectivity index (χ0v) is 12.2. The molecule has 3 nitrogen and oxygen atoms in total. The van der Waals surface area contributed by atoms with Crippen LogP contribution in [0.1, 0.15) is 22.7 Å². The Bertz CT molecular complexity index is 561. The molecule has 0 saturated carbocycles. The van der Waals surface area contributed by atoms with E-state index in [4.69, 9.17) is 4.74 Å². The normalized spacial score (nSPS) is 12.0. The first kappa shape index (κ1) is 14.4. The van der Waals surface area contributed by atoms with Crippen LogP contribution in [0.3, 0.4) is 0 Å². The Labute approximate surface area is 120 Å². The van der Waals surface area contributed by atoms with Crippen LogP contribution in [0.15, 0.2) is 42.5 Å². The molecule has 0 aliphatic carbocycles. The summed E-state index contributed by atoms with van der Waals surface area (Å²) >= 11 is 0. The monoisotopic (exact) mass is 271 g/mol. The van der Waals surface area contributed by atoms with E-state index in [2.05, 4.69) is 31.3 Å². The number of hydrogen-bond acceptors (Lipinski definition) is 3. The minimum Gasteiger partial charge on any atom is -0.497 e. The van der Waals surface area contributed by atoms with Gasteiger partial charge in [-0.25, -0.2) is 0 Å². The van der Waals surface area contributed by atoms with Gasteiger partial charge >= 0.3 is 0 Å². The highest BCUT2D eigenvalue weighted by molar-refractivity contribution is 5.51. The molecule has 0 heterocycles. The van der Waals surface area contributed by atoms with Gasteiger partial charge in [0, 0.05) is 11.8 Å². The smallest absolute Gasteiger partial charge is 0.120 e. The molecule has 106 valence electrons. The Morgan fingerprint density at radius 3 is 2.35 bits per heavy atom. The zero-order chi connectivity index (χ0) is 14.5. The van der Waals surface area contributed by atoms with Crippen molar-refractivity contribution in [1.29, 1.82) is 0 Å². The summed E-state index contributed by atoms with van der Waals surface area (Å²) in [6.07, 6.45) is 0. The van der Waals surface area contributed by atoms with Crippen LogP contribution < -0.4 is 10.1 Å². The molecule has 2 N–H and O–H groups in total. The first-order valence-electron chi connectivity index (χ1n) is 6.73. The van der Waals surface area contributed by atoms with Crippen LogP contribution in [-0.2, 0) is 0 Å². The lowest BCUT2D eigenvalue weighted by atomic mass is 9.96. The molecular formula is C17H21NO2. The van der Waals surface area contributed by atoms with E-state index in [1.54, 1.807) is 7.11 Å². The van der Waals surface area contributed by atoms with E-state index in [1.807, 2.05) is 30.3 Å². The Morgan fingerprint density at radius 1 is 1.10 bits per heavy atom. The Hall–Kier alpha value is -2.00. The fourth-order valence-corrected chi connectivity index (χ4v) is 2.50. The zero-order valence-electron chi connectivity index (χ0n) is 12.2. The van der Waals surface area contributed by atoms with E-state index < -0.39 is 0 Å². The average Bonchev–Trinajstić information content (AvgIpc) is 2.46. The fourth-order valence-electron chi connectivity index (χ4n) is 2.50. The van der Waals surface area contributed by atoms with E-state index >= 15 is 0 Å². The molecule has 0 aliphatic rings. The van der Waals surface area contributed by atoms with Gasteiger partial charge in [0.1, 0.15) is 5.75 Å². The van der Waals surface area contributed by atoms with Gasteiger partial charge in [0.15, 0.2) is 0 Å². The van der Waals surface area contributed by atoms with Crippen LogP contribution in [0.4, 0.5) is 5.69 Å². The van der Waals surface area contributed by atoms with Crippen LogP contribution in [0.25, 0.3) is 0 Å². The number of benzene rings is 2. The van der Waals surface area contributed by atoms with E-state index in [1.165, 1.54) is 11.1 Å². The van der Waals surface area contributed by atoms with Crippen molar-refractivity contribution in [3.8, 4) is 5.75 Å². The Kier molecular flexibility index (Phi) is 4.64. The number of rotatable bonds is 5. The highest BCUT2D eigenvalue weighted by Crippen LogP contribution is 2.26. The maximum atomic E-state index is 9.72. The molecule has 3 heteroatoms. The van der Waals surface area contributed by atoms with Gasteiger partial charge in [0.05, 0.1) is 19.8 Å². The molecule has 1 unspecified atom stereocenters. The number of methoxy groups -OCH3 is 1. The second kappa shape index (κ2) is 6.44. The van der Waals surface area contributed by atoms with Crippen molar-refractivity contribution in [2.75, 3.05) is 19.0 Å². The lowest BCUT2D eigenvalue weighted by Crippen LogP contribution is -2.17. The number of aryl methyl sites for hydroxylation is 2. The van der Waals surface area contributed by atoms with Crippen molar-refractivity contribution in [1.82, 2.24) is 0 Å². The predicted octanol–water partition coefficient (Wildman–Crippen LogP) is 3.46. The van der Waals surface area contributed by atoms with Gasteiger partial charge in [-0.2, -0.15) is 0 Å². The number of nitrogens with one attached hydrogen (secondary N) is 1. The Morgan fingerprint density at radius 2 is 1.75 bits per heavy atom. The lowest BCUT2D eigenvalue weighted by molar-refractivity contribution is 0.275. The molecule has 1 atom stereocenters. The van der Waals surface area contributed by atoms with Gasteiger partial charge in [-0.3, -0.25) is 0 Å². The lowest BCUT2D eigenvalue weighted by Gasteiger charge is -2.22. The van der Waals surface area contributed by atoms with Crippen molar-refractivity contribution in [3.05, 3.63) is 59.2 Å². The van der Waals surface area contributed by atoms with E-state index in [0.29, 0.717) is 0 Å². The quantitative estimate of drug-likeness (QED) is 0.875. The maximum absolute atomic E-state index is 9.72. The van der Waals surface area contributed by atoms with Gasteiger partial charge in [0.2, 0.25) is 0 Å². The van der Waals surface area contributed by atoms with Crippen molar-refractivity contribution < 1.29 is 9.84 Å². The summed E-state index contributed by atoms with van der Waals surface area (Å²) in [6, 6.07) is 13.8. The number of hydrogen-bond donors (Lipinski definition) is 2. The largest absolute Gasteiger partial charge is 0.497 e. The molecule has 0 aliphatic heterocycles. The highest BCUT2D eigenvalue weighted by atomic mass is 16.5. The summed E-state index contributed by atoms with van der Waals surface area (Å²) in [5.74, 6) is 0.799. The van der Waals surface area contributed by atoms with E-state index in [9.17, 15) is 5.11 Å². The standard InChI is InChI=1S/C17H21NO2/c1-12-6-4-7-13(2)17(12)16(11-19)18-14-8-5-9-15(10-14)20-3/h4-10,16,18-19H,11H2,1-3H3. The topological polar surface area (TPSA) is 41.5 Å². The van der Waals surface area contributed by atoms with E-state index in [-0.39, 0.29) is 12.6 Å². The highest BCUT2D eigenvalue weighted by Gasteiger charge is 2.15. The molecule has 0 spiro atoms. The minimum absolute atomic E-state index is 0.0445. The summed E-state index contributed by atoms with van der Waals surface area (Å²) in [6.45, 7) is 4.18. The molecular weight excluding hydrogens is 250 g/mol. The third kappa shape index (κ3) is 3.11.